The van der Waals surface area contributed by atoms with E-state index in [2.05, 4.69) is 11.1 Å². The van der Waals surface area contributed by atoms with Crippen molar-refractivity contribution in [3.05, 3.63) is 94.4 Å². The zero-order chi connectivity index (χ0) is 25.7. The van der Waals surface area contributed by atoms with Gasteiger partial charge in [0.05, 0.1) is 5.92 Å². The fourth-order valence-electron chi connectivity index (χ4n) is 4.73. The SMILES string of the molecule is N#CC1([As]C(=O)c2cn(-c3cccc(-c4ccc(C5C[C@H]5C(=O)O)cc4)c3)c3ncccc3c2=O)CC1. The first-order chi connectivity index (χ1) is 17.9. The molecule has 0 aliphatic heterocycles. The van der Waals surface area contributed by atoms with Crippen molar-refractivity contribution in [3.8, 4) is 22.9 Å². The van der Waals surface area contributed by atoms with Gasteiger partial charge < -0.3 is 5.11 Å². The molecule has 2 heterocycles. The number of carbonyl (C=O) groups is 2. The molecular formula is C29H21AsN3O4. The van der Waals surface area contributed by atoms with Crippen molar-refractivity contribution in [2.45, 2.75) is 29.4 Å². The second kappa shape index (κ2) is 8.83. The molecule has 2 fully saturated rings. The molecule has 2 aliphatic carbocycles. The van der Waals surface area contributed by atoms with Crippen molar-refractivity contribution in [3.63, 3.8) is 0 Å². The van der Waals surface area contributed by atoms with Gasteiger partial charge in [-0.2, -0.15) is 0 Å². The molecule has 1 unspecified atom stereocenters. The van der Waals surface area contributed by atoms with Gasteiger partial charge in [0.2, 0.25) is 0 Å². The Bertz CT molecular complexity index is 1680. The number of aromatic nitrogens is 2. The van der Waals surface area contributed by atoms with Gasteiger partial charge in [0.15, 0.2) is 0 Å². The zero-order valence-electron chi connectivity index (χ0n) is 19.7. The number of carbonyl (C=O) groups excluding carboxylic acids is 1. The molecule has 6 rings (SSSR count). The second-order valence-electron chi connectivity index (χ2n) is 9.64. The van der Waals surface area contributed by atoms with Crippen LogP contribution in [0.3, 0.4) is 0 Å². The number of pyridine rings is 2. The standard InChI is InChI=1S/C29H21AsN3O4/c31-16-29(10-11-29)30-26(35)24-15-33(27-21(25(24)34)5-2-12-32-27)20-4-1-3-19(13-20)17-6-8-18(9-7-17)22-14-23(22)28(36)37/h1-9,12-13,15,22-23H,10-11,14H2,(H,36,37)/t22?,23-/m1/s1. The molecule has 0 spiro atoms. The molecular weight excluding hydrogens is 529 g/mol. The molecule has 1 N–H and O–H groups in total. The van der Waals surface area contributed by atoms with Gasteiger partial charge in [-0.05, 0) is 6.42 Å². The first kappa shape index (κ1) is 23.4. The van der Waals surface area contributed by atoms with Gasteiger partial charge in [0, 0.05) is 0 Å². The van der Waals surface area contributed by atoms with E-state index in [0.29, 0.717) is 17.5 Å². The summed E-state index contributed by atoms with van der Waals surface area (Å²) >= 11 is -0.960. The number of hydrogen-bond acceptors (Lipinski definition) is 5. The van der Waals surface area contributed by atoms with Gasteiger partial charge in [0.25, 0.3) is 0 Å². The van der Waals surface area contributed by atoms with Gasteiger partial charge in [-0.25, -0.2) is 0 Å². The molecule has 1 radical (unpaired) electrons. The van der Waals surface area contributed by atoms with E-state index in [1.54, 1.807) is 29.1 Å². The van der Waals surface area contributed by atoms with Crippen molar-refractivity contribution in [2.24, 2.45) is 5.92 Å². The van der Waals surface area contributed by atoms with E-state index in [1.165, 1.54) is 0 Å². The van der Waals surface area contributed by atoms with Crippen LogP contribution in [-0.4, -0.2) is 41.0 Å². The van der Waals surface area contributed by atoms with Gasteiger partial charge in [-0.3, -0.25) is 4.79 Å². The van der Waals surface area contributed by atoms with Crippen LogP contribution in [0.2, 0.25) is 4.20 Å². The van der Waals surface area contributed by atoms with E-state index in [4.69, 9.17) is 0 Å². The summed E-state index contributed by atoms with van der Waals surface area (Å²) in [5, 5.41) is 19.0. The molecule has 0 saturated heterocycles. The maximum absolute atomic E-state index is 13.2. The fourth-order valence-corrected chi connectivity index (χ4v) is 6.94. The minimum atomic E-state index is -0.960. The number of nitriles is 1. The third kappa shape index (κ3) is 4.28. The quantitative estimate of drug-likeness (QED) is 0.338. The molecule has 181 valence electrons. The Morgan fingerprint density at radius 2 is 1.86 bits per heavy atom. The number of aliphatic carboxylic acids is 1. The summed E-state index contributed by atoms with van der Waals surface area (Å²) in [6.07, 6.45) is 5.30. The van der Waals surface area contributed by atoms with Crippen LogP contribution in [0.25, 0.3) is 27.8 Å². The molecule has 7 nitrogen and oxygen atoms in total. The van der Waals surface area contributed by atoms with Crippen LogP contribution in [0.15, 0.2) is 77.9 Å². The van der Waals surface area contributed by atoms with E-state index in [9.17, 15) is 24.8 Å². The van der Waals surface area contributed by atoms with Crippen LogP contribution in [0, 0.1) is 17.2 Å². The number of carboxylic acid groups (broad SMARTS) is 1. The minimum absolute atomic E-state index is 0.0747. The van der Waals surface area contributed by atoms with Crippen LogP contribution in [-0.2, 0) is 4.79 Å². The summed E-state index contributed by atoms with van der Waals surface area (Å²) in [7, 11) is 0. The third-order valence-corrected chi connectivity index (χ3v) is 10.1. The summed E-state index contributed by atoms with van der Waals surface area (Å²) in [6.45, 7) is 0. The average Bonchev–Trinajstić information content (AvgIpc) is 3.85. The van der Waals surface area contributed by atoms with E-state index in [1.807, 2.05) is 48.5 Å². The molecule has 2 aliphatic rings. The van der Waals surface area contributed by atoms with Crippen LogP contribution in [0.4, 0.5) is 0 Å². The molecule has 4 aromatic rings. The molecule has 37 heavy (non-hydrogen) atoms. The summed E-state index contributed by atoms with van der Waals surface area (Å²) in [5.74, 6) is -0.966. The number of carboxylic acids is 1. The van der Waals surface area contributed by atoms with E-state index in [-0.39, 0.29) is 27.4 Å². The summed E-state index contributed by atoms with van der Waals surface area (Å²) in [6, 6.07) is 21.3. The summed E-state index contributed by atoms with van der Waals surface area (Å²) in [4.78, 5) is 42.0. The van der Waals surface area contributed by atoms with Gasteiger partial charge in [-0.15, -0.1) is 0 Å². The van der Waals surface area contributed by atoms with Gasteiger partial charge in [0.1, 0.15) is 0 Å². The number of fused-ring (bicyclic) bond motifs is 1. The van der Waals surface area contributed by atoms with E-state index < -0.39 is 25.9 Å². The van der Waals surface area contributed by atoms with Crippen molar-refractivity contribution in [1.29, 1.82) is 5.26 Å². The fraction of sp³-hybridized carbons (Fsp3) is 0.207. The second-order valence-corrected chi connectivity index (χ2v) is 12.8. The molecule has 0 amide bonds. The third-order valence-electron chi connectivity index (χ3n) is 7.14. The Kier molecular flexibility index (Phi) is 5.58. The van der Waals surface area contributed by atoms with Crippen molar-refractivity contribution in [2.75, 3.05) is 0 Å². The Hall–Kier alpha value is -4.01. The predicted molar refractivity (Wildman–Crippen MR) is 139 cm³/mol. The Morgan fingerprint density at radius 1 is 1.08 bits per heavy atom. The van der Waals surface area contributed by atoms with Crippen molar-refractivity contribution in [1.82, 2.24) is 9.55 Å². The summed E-state index contributed by atoms with van der Waals surface area (Å²) in [5.41, 5.74) is 3.92. The average molecular weight is 550 g/mol. The number of hydrogen-bond donors (Lipinski definition) is 1. The van der Waals surface area contributed by atoms with Crippen LogP contribution < -0.4 is 5.43 Å². The maximum atomic E-state index is 13.2. The number of rotatable bonds is 7. The van der Waals surface area contributed by atoms with E-state index >= 15 is 0 Å². The number of nitrogens with zero attached hydrogens (tertiary/aromatic N) is 3. The normalized spacial score (nSPS) is 19.5. The monoisotopic (exact) mass is 550 g/mol. The van der Waals surface area contributed by atoms with Crippen LogP contribution >= 0.6 is 0 Å². The van der Waals surface area contributed by atoms with E-state index in [0.717, 1.165) is 35.2 Å². The Morgan fingerprint density at radius 3 is 2.54 bits per heavy atom. The molecule has 2 atom stereocenters. The molecule has 2 saturated carbocycles. The van der Waals surface area contributed by atoms with Crippen molar-refractivity contribution < 1.29 is 14.7 Å². The van der Waals surface area contributed by atoms with Gasteiger partial charge in [-0.1, -0.05) is 0 Å². The molecule has 0 bridgehead atoms. The topological polar surface area (TPSA) is 113 Å². The van der Waals surface area contributed by atoms with Crippen molar-refractivity contribution >= 4 is 37.3 Å². The molecule has 8 heteroatoms. The number of benzene rings is 2. The molecule has 2 aromatic carbocycles. The van der Waals surface area contributed by atoms with Crippen LogP contribution in [0.5, 0.6) is 0 Å². The van der Waals surface area contributed by atoms with Crippen LogP contribution in [0.1, 0.15) is 41.1 Å². The zero-order valence-corrected chi connectivity index (χ0v) is 21.5. The Balaban J connectivity index is 1.38. The Labute approximate surface area is 219 Å². The predicted octanol–water partition coefficient (Wildman–Crippen LogP) is 4.56. The molecule has 2 aromatic heterocycles. The first-order valence-electron chi connectivity index (χ1n) is 12.0. The first-order valence-corrected chi connectivity index (χ1v) is 13.9. The van der Waals surface area contributed by atoms with Gasteiger partial charge >= 0.3 is 197 Å². The summed E-state index contributed by atoms with van der Waals surface area (Å²) < 4.78 is 0.994.